The van der Waals surface area contributed by atoms with E-state index in [0.717, 1.165) is 3.79 Å². The molecular weight excluding hydrogens is 308 g/mol. The number of thiophene rings is 1. The van der Waals surface area contributed by atoms with E-state index < -0.39 is 0 Å². The van der Waals surface area contributed by atoms with Crippen molar-refractivity contribution in [2.24, 2.45) is 5.73 Å². The predicted octanol–water partition coefficient (Wildman–Crippen LogP) is 3.96. The number of rotatable bonds is 4. The molecule has 0 amide bonds. The quantitative estimate of drug-likeness (QED) is 0.922. The maximum atomic E-state index is 5.93. The summed E-state index contributed by atoms with van der Waals surface area (Å²) in [6, 6.07) is 13.0. The van der Waals surface area contributed by atoms with E-state index in [4.69, 9.17) is 5.73 Å². The highest BCUT2D eigenvalue weighted by Crippen LogP contribution is 2.32. The van der Waals surface area contributed by atoms with Crippen LogP contribution in [0.4, 0.5) is 5.69 Å². The van der Waals surface area contributed by atoms with Gasteiger partial charge in [-0.1, -0.05) is 17.7 Å². The van der Waals surface area contributed by atoms with Gasteiger partial charge >= 0.3 is 0 Å². The largest absolute Gasteiger partial charge is 0.365 e. The second-order valence-corrected chi connectivity index (χ2v) is 6.83. The van der Waals surface area contributed by atoms with Crippen LogP contribution in [0.15, 0.2) is 40.2 Å². The van der Waals surface area contributed by atoms with Crippen LogP contribution in [0.1, 0.15) is 16.5 Å². The molecule has 0 radical (unpaired) electrons. The van der Waals surface area contributed by atoms with Crippen LogP contribution >= 0.6 is 27.3 Å². The number of nitrogens with zero attached hydrogens (tertiary/aromatic N) is 1. The van der Waals surface area contributed by atoms with Gasteiger partial charge in [0, 0.05) is 24.2 Å². The Morgan fingerprint density at radius 2 is 1.89 bits per heavy atom. The van der Waals surface area contributed by atoms with Crippen LogP contribution in [0.25, 0.3) is 0 Å². The zero-order chi connectivity index (χ0) is 13.1. The molecule has 0 aliphatic carbocycles. The van der Waals surface area contributed by atoms with E-state index in [9.17, 15) is 0 Å². The summed E-state index contributed by atoms with van der Waals surface area (Å²) in [5, 5.41) is 0. The van der Waals surface area contributed by atoms with Gasteiger partial charge in [-0.15, -0.1) is 11.3 Å². The van der Waals surface area contributed by atoms with Gasteiger partial charge in [-0.3, -0.25) is 0 Å². The summed E-state index contributed by atoms with van der Waals surface area (Å²) in [5.41, 5.74) is 8.40. The lowest BCUT2D eigenvalue weighted by molar-refractivity contribution is 0.692. The first-order valence-electron chi connectivity index (χ1n) is 5.86. The van der Waals surface area contributed by atoms with Crippen LogP contribution in [0.5, 0.6) is 0 Å². The van der Waals surface area contributed by atoms with Crippen molar-refractivity contribution in [3.63, 3.8) is 0 Å². The number of likely N-dealkylation sites (N-methyl/N-ethyl adjacent to an activating group) is 1. The van der Waals surface area contributed by atoms with Crippen LogP contribution < -0.4 is 10.6 Å². The lowest BCUT2D eigenvalue weighted by Crippen LogP contribution is -2.29. The summed E-state index contributed by atoms with van der Waals surface area (Å²) in [7, 11) is 2.09. The van der Waals surface area contributed by atoms with Crippen molar-refractivity contribution in [2.45, 2.75) is 13.0 Å². The summed E-state index contributed by atoms with van der Waals surface area (Å²) in [4.78, 5) is 3.52. The molecule has 4 heteroatoms. The summed E-state index contributed by atoms with van der Waals surface area (Å²) >= 11 is 5.25. The van der Waals surface area contributed by atoms with Crippen molar-refractivity contribution in [1.82, 2.24) is 0 Å². The Morgan fingerprint density at radius 3 is 2.39 bits per heavy atom. The molecular formula is C14H17BrN2S. The Morgan fingerprint density at radius 1 is 1.22 bits per heavy atom. The molecule has 0 bridgehead atoms. The molecule has 0 aliphatic heterocycles. The minimum Gasteiger partial charge on any atom is -0.365 e. The van der Waals surface area contributed by atoms with Crippen molar-refractivity contribution < 1.29 is 0 Å². The number of nitrogens with two attached hydrogens (primary N) is 1. The molecule has 18 heavy (non-hydrogen) atoms. The van der Waals surface area contributed by atoms with Crippen LogP contribution in [-0.4, -0.2) is 13.6 Å². The average molecular weight is 325 g/mol. The first-order valence-corrected chi connectivity index (χ1v) is 7.47. The third-order valence-electron chi connectivity index (χ3n) is 3.05. The molecule has 1 aromatic carbocycles. The van der Waals surface area contributed by atoms with E-state index in [1.54, 1.807) is 11.3 Å². The first kappa shape index (κ1) is 13.6. The highest BCUT2D eigenvalue weighted by molar-refractivity contribution is 9.11. The summed E-state index contributed by atoms with van der Waals surface area (Å²) in [6.07, 6.45) is 0. The molecule has 96 valence electrons. The van der Waals surface area contributed by atoms with Gasteiger partial charge in [-0.2, -0.15) is 0 Å². The summed E-state index contributed by atoms with van der Waals surface area (Å²) in [5.74, 6) is 0. The van der Waals surface area contributed by atoms with Crippen LogP contribution in [0, 0.1) is 6.92 Å². The maximum absolute atomic E-state index is 5.93. The van der Waals surface area contributed by atoms with E-state index in [0.29, 0.717) is 6.54 Å². The zero-order valence-electron chi connectivity index (χ0n) is 10.6. The van der Waals surface area contributed by atoms with E-state index >= 15 is 0 Å². The molecule has 1 unspecified atom stereocenters. The zero-order valence-corrected chi connectivity index (χ0v) is 13.0. The molecule has 1 heterocycles. The molecule has 2 nitrogen and oxygen atoms in total. The molecule has 1 aromatic heterocycles. The molecule has 0 saturated carbocycles. The number of anilines is 1. The Bertz CT molecular complexity index is 507. The van der Waals surface area contributed by atoms with E-state index in [1.807, 2.05) is 0 Å². The standard InChI is InChI=1S/C14H17BrN2S/c1-10-3-5-11(6-4-10)17(2)12(9-16)13-7-8-14(15)18-13/h3-8,12H,9,16H2,1-2H3. The highest BCUT2D eigenvalue weighted by atomic mass is 79.9. The van der Waals surface area contributed by atoms with Crippen molar-refractivity contribution >= 4 is 33.0 Å². The van der Waals surface area contributed by atoms with Gasteiger partial charge in [0.25, 0.3) is 0 Å². The van der Waals surface area contributed by atoms with Crippen LogP contribution in [0.2, 0.25) is 0 Å². The SMILES string of the molecule is Cc1ccc(N(C)C(CN)c2ccc(Br)s2)cc1. The normalized spacial score (nSPS) is 12.4. The fourth-order valence-corrected chi connectivity index (χ4v) is 3.51. The van der Waals surface area contributed by atoms with E-state index in [2.05, 4.69) is 71.2 Å². The Hall–Kier alpha value is -0.840. The fraction of sp³-hybridized carbons (Fsp3) is 0.286. The number of halogens is 1. The van der Waals surface area contributed by atoms with Gasteiger partial charge in [0.1, 0.15) is 0 Å². The average Bonchev–Trinajstić information content (AvgIpc) is 2.77. The van der Waals surface area contributed by atoms with Gasteiger partial charge in [-0.25, -0.2) is 0 Å². The predicted molar refractivity (Wildman–Crippen MR) is 83.4 cm³/mol. The minimum absolute atomic E-state index is 0.226. The van der Waals surface area contributed by atoms with Gasteiger partial charge in [0.15, 0.2) is 0 Å². The molecule has 2 rings (SSSR count). The number of hydrogen-bond acceptors (Lipinski definition) is 3. The third-order valence-corrected chi connectivity index (χ3v) is 4.78. The number of benzene rings is 1. The van der Waals surface area contributed by atoms with Crippen LogP contribution in [-0.2, 0) is 0 Å². The minimum atomic E-state index is 0.226. The van der Waals surface area contributed by atoms with Gasteiger partial charge in [-0.05, 0) is 47.1 Å². The van der Waals surface area contributed by atoms with Crippen molar-refractivity contribution in [1.29, 1.82) is 0 Å². The highest BCUT2D eigenvalue weighted by Gasteiger charge is 2.17. The van der Waals surface area contributed by atoms with Crippen LogP contribution in [0.3, 0.4) is 0 Å². The Labute approximate surface area is 121 Å². The molecule has 2 N–H and O–H groups in total. The topological polar surface area (TPSA) is 29.3 Å². The van der Waals surface area contributed by atoms with Crippen molar-refractivity contribution in [3.8, 4) is 0 Å². The Kier molecular flexibility index (Phi) is 4.43. The lowest BCUT2D eigenvalue weighted by Gasteiger charge is -2.28. The van der Waals surface area contributed by atoms with Gasteiger partial charge in [0.2, 0.25) is 0 Å². The van der Waals surface area contributed by atoms with Gasteiger partial charge < -0.3 is 10.6 Å². The number of aryl methyl sites for hydroxylation is 1. The summed E-state index contributed by atoms with van der Waals surface area (Å²) < 4.78 is 1.15. The second kappa shape index (κ2) is 5.87. The monoisotopic (exact) mass is 324 g/mol. The van der Waals surface area contributed by atoms with Crippen molar-refractivity contribution in [2.75, 3.05) is 18.5 Å². The second-order valence-electron chi connectivity index (χ2n) is 4.34. The first-order chi connectivity index (χ1) is 8.61. The molecule has 2 aromatic rings. The fourth-order valence-electron chi connectivity index (χ4n) is 1.93. The Balaban J connectivity index is 2.25. The molecule has 0 saturated heterocycles. The smallest absolute Gasteiger partial charge is 0.0754 e. The molecule has 0 spiro atoms. The van der Waals surface area contributed by atoms with Crippen molar-refractivity contribution in [3.05, 3.63) is 50.6 Å². The van der Waals surface area contributed by atoms with Gasteiger partial charge in [0.05, 0.1) is 9.83 Å². The van der Waals surface area contributed by atoms with E-state index in [1.165, 1.54) is 16.1 Å². The molecule has 1 atom stereocenters. The third kappa shape index (κ3) is 2.94. The molecule has 0 aliphatic rings. The summed E-state index contributed by atoms with van der Waals surface area (Å²) in [6.45, 7) is 2.71. The molecule has 0 fully saturated rings. The number of hydrogen-bond donors (Lipinski definition) is 1. The maximum Gasteiger partial charge on any atom is 0.0754 e. The van der Waals surface area contributed by atoms with E-state index in [-0.39, 0.29) is 6.04 Å². The lowest BCUT2D eigenvalue weighted by atomic mass is 10.1.